The quantitative estimate of drug-likeness (QED) is 0.630. The smallest absolute Gasteiger partial charge is 0.375 e. The summed E-state index contributed by atoms with van der Waals surface area (Å²) >= 11 is 5.03. The van der Waals surface area contributed by atoms with Crippen LogP contribution < -0.4 is 0 Å². The molecular weight excluding hydrogens is 228 g/mol. The van der Waals surface area contributed by atoms with Crippen LogP contribution in [-0.2, 0) is 4.74 Å². The molecule has 0 unspecified atom stereocenters. The van der Waals surface area contributed by atoms with Gasteiger partial charge in [-0.1, -0.05) is 0 Å². The minimum Gasteiger partial charge on any atom is -0.460 e. The maximum atomic E-state index is 11.4. The van der Waals surface area contributed by atoms with E-state index in [2.05, 4.69) is 15.1 Å². The summed E-state index contributed by atoms with van der Waals surface area (Å²) in [5, 5.41) is 2.74. The Morgan fingerprint density at radius 2 is 2.38 bits per heavy atom. The maximum Gasteiger partial charge on any atom is 0.375 e. The Kier molecular flexibility index (Phi) is 2.69. The highest BCUT2D eigenvalue weighted by Gasteiger charge is 2.12. The van der Waals surface area contributed by atoms with Crippen LogP contribution in [-0.4, -0.2) is 32.2 Å². The van der Waals surface area contributed by atoms with Crippen molar-refractivity contribution >= 4 is 23.8 Å². The number of fused-ring (bicyclic) bond motifs is 1. The molecule has 0 saturated heterocycles. The molecule has 0 atom stereocenters. The van der Waals surface area contributed by atoms with Crippen molar-refractivity contribution in [3.63, 3.8) is 0 Å². The monoisotopic (exact) mass is 238 g/mol. The van der Waals surface area contributed by atoms with E-state index in [1.807, 2.05) is 6.92 Å². The molecule has 0 aromatic carbocycles. The average Bonchev–Trinajstić information content (AvgIpc) is 2.62. The third-order valence-corrected chi connectivity index (χ3v) is 2.22. The number of nitrogens with one attached hydrogen (secondary N) is 1. The molecule has 7 heteroatoms. The SMILES string of the molecule is CCOC(=O)c1nc2cc(C)nc(=S)n2[nH]1. The second-order valence-electron chi connectivity index (χ2n) is 3.17. The highest BCUT2D eigenvalue weighted by Crippen LogP contribution is 2.04. The predicted octanol–water partition coefficient (Wildman–Crippen LogP) is 1.27. The average molecular weight is 238 g/mol. The fourth-order valence-electron chi connectivity index (χ4n) is 1.31. The number of carbonyl (C=O) groups excluding carboxylic acids is 1. The minimum absolute atomic E-state index is 0.125. The van der Waals surface area contributed by atoms with Gasteiger partial charge in [0.2, 0.25) is 10.6 Å². The van der Waals surface area contributed by atoms with Gasteiger partial charge in [0.05, 0.1) is 6.61 Å². The van der Waals surface area contributed by atoms with Gasteiger partial charge in [0, 0.05) is 11.8 Å². The first-order valence-electron chi connectivity index (χ1n) is 4.75. The normalized spacial score (nSPS) is 10.6. The lowest BCUT2D eigenvalue weighted by molar-refractivity contribution is 0.0512. The van der Waals surface area contributed by atoms with Gasteiger partial charge >= 0.3 is 5.97 Å². The molecule has 0 aliphatic rings. The van der Waals surface area contributed by atoms with Crippen LogP contribution in [0.2, 0.25) is 0 Å². The predicted molar refractivity (Wildman–Crippen MR) is 58.9 cm³/mol. The number of esters is 1. The minimum atomic E-state index is -0.502. The van der Waals surface area contributed by atoms with E-state index in [1.54, 1.807) is 13.0 Å². The van der Waals surface area contributed by atoms with E-state index in [4.69, 9.17) is 17.0 Å². The second kappa shape index (κ2) is 4.01. The molecule has 2 heterocycles. The zero-order valence-electron chi connectivity index (χ0n) is 8.85. The number of hydrogen-bond acceptors (Lipinski definition) is 5. The summed E-state index contributed by atoms with van der Waals surface area (Å²) in [5.41, 5.74) is 1.31. The molecule has 0 spiro atoms. The van der Waals surface area contributed by atoms with Crippen molar-refractivity contribution in [3.8, 4) is 0 Å². The molecule has 0 fully saturated rings. The van der Waals surface area contributed by atoms with Crippen LogP contribution in [0, 0.1) is 11.7 Å². The zero-order valence-corrected chi connectivity index (χ0v) is 9.67. The first-order chi connectivity index (χ1) is 7.61. The van der Waals surface area contributed by atoms with Gasteiger partial charge in [-0.05, 0) is 26.1 Å². The van der Waals surface area contributed by atoms with E-state index in [9.17, 15) is 4.79 Å². The van der Waals surface area contributed by atoms with Crippen molar-refractivity contribution in [2.75, 3.05) is 6.61 Å². The van der Waals surface area contributed by atoms with E-state index in [0.29, 0.717) is 17.0 Å². The van der Waals surface area contributed by atoms with Gasteiger partial charge in [-0.3, -0.25) is 5.10 Å². The molecular formula is C9H10N4O2S. The van der Waals surface area contributed by atoms with Crippen LogP contribution in [0.25, 0.3) is 5.65 Å². The van der Waals surface area contributed by atoms with E-state index >= 15 is 0 Å². The highest BCUT2D eigenvalue weighted by atomic mass is 32.1. The molecule has 2 aromatic heterocycles. The van der Waals surface area contributed by atoms with Gasteiger partial charge in [0.1, 0.15) is 0 Å². The summed E-state index contributed by atoms with van der Waals surface area (Å²) in [6.45, 7) is 3.85. The Balaban J connectivity index is 2.56. The van der Waals surface area contributed by atoms with Gasteiger partial charge in [0.25, 0.3) is 0 Å². The fraction of sp³-hybridized carbons (Fsp3) is 0.333. The van der Waals surface area contributed by atoms with Crippen LogP contribution in [0.1, 0.15) is 23.2 Å². The third kappa shape index (κ3) is 1.81. The van der Waals surface area contributed by atoms with E-state index in [0.717, 1.165) is 5.69 Å². The van der Waals surface area contributed by atoms with Crippen molar-refractivity contribution in [1.29, 1.82) is 0 Å². The molecule has 1 N–H and O–H groups in total. The van der Waals surface area contributed by atoms with Gasteiger partial charge in [-0.15, -0.1) is 0 Å². The van der Waals surface area contributed by atoms with E-state index < -0.39 is 5.97 Å². The van der Waals surface area contributed by atoms with Crippen molar-refractivity contribution in [1.82, 2.24) is 19.6 Å². The number of hydrogen-bond donors (Lipinski definition) is 1. The van der Waals surface area contributed by atoms with Crippen LogP contribution in [0.4, 0.5) is 0 Å². The molecule has 6 nitrogen and oxygen atoms in total. The number of aryl methyl sites for hydroxylation is 1. The van der Waals surface area contributed by atoms with Crippen LogP contribution in [0.15, 0.2) is 6.07 Å². The number of carbonyl (C=O) groups is 1. The Bertz CT molecular complexity index is 601. The molecule has 0 aliphatic carbocycles. The van der Waals surface area contributed by atoms with Gasteiger partial charge in [0.15, 0.2) is 5.65 Å². The first kappa shape index (κ1) is 10.7. The Hall–Kier alpha value is -1.76. The van der Waals surface area contributed by atoms with Crippen molar-refractivity contribution in [3.05, 3.63) is 22.4 Å². The van der Waals surface area contributed by atoms with Gasteiger partial charge in [-0.25, -0.2) is 19.3 Å². The molecule has 0 amide bonds. The second-order valence-corrected chi connectivity index (χ2v) is 3.53. The molecule has 0 radical (unpaired) electrons. The number of H-pyrrole nitrogens is 1. The number of aromatic nitrogens is 4. The number of rotatable bonds is 2. The number of aromatic amines is 1. The largest absolute Gasteiger partial charge is 0.460 e. The molecule has 84 valence electrons. The molecule has 16 heavy (non-hydrogen) atoms. The lowest BCUT2D eigenvalue weighted by Gasteiger charge is -1.95. The molecule has 0 aliphatic heterocycles. The summed E-state index contributed by atoms with van der Waals surface area (Å²) in [6, 6.07) is 1.73. The van der Waals surface area contributed by atoms with Gasteiger partial charge in [-0.2, -0.15) is 0 Å². The summed E-state index contributed by atoms with van der Waals surface area (Å²) < 4.78 is 6.63. The maximum absolute atomic E-state index is 11.4. The van der Waals surface area contributed by atoms with Crippen molar-refractivity contribution in [2.45, 2.75) is 13.8 Å². The molecule has 2 rings (SSSR count). The standard InChI is InChI=1S/C9H10N4O2S/c1-3-15-8(14)7-11-6-4-5(2)10-9(16)13(6)12-7/h4H,3H2,1-2H3,(H,11,12). The van der Waals surface area contributed by atoms with Crippen LogP contribution >= 0.6 is 12.2 Å². The lowest BCUT2D eigenvalue weighted by atomic mass is 10.4. The van der Waals surface area contributed by atoms with E-state index in [1.165, 1.54) is 4.52 Å². The molecule has 0 bridgehead atoms. The summed E-state index contributed by atoms with van der Waals surface area (Å²) in [6.07, 6.45) is 0. The number of nitrogens with zero attached hydrogens (tertiary/aromatic N) is 3. The van der Waals surface area contributed by atoms with Gasteiger partial charge < -0.3 is 4.74 Å². The third-order valence-electron chi connectivity index (χ3n) is 1.94. The zero-order chi connectivity index (χ0) is 11.7. The van der Waals surface area contributed by atoms with Crippen LogP contribution in [0.5, 0.6) is 0 Å². The summed E-state index contributed by atoms with van der Waals surface area (Å²) in [5.74, 6) is -0.376. The van der Waals surface area contributed by atoms with Crippen molar-refractivity contribution in [2.24, 2.45) is 0 Å². The fourth-order valence-corrected chi connectivity index (χ4v) is 1.59. The lowest BCUT2D eigenvalue weighted by Crippen LogP contribution is -2.07. The molecule has 0 saturated carbocycles. The van der Waals surface area contributed by atoms with E-state index in [-0.39, 0.29) is 5.82 Å². The number of ether oxygens (including phenoxy) is 1. The van der Waals surface area contributed by atoms with Crippen molar-refractivity contribution < 1.29 is 9.53 Å². The topological polar surface area (TPSA) is 72.3 Å². The first-order valence-corrected chi connectivity index (χ1v) is 5.16. The molecule has 2 aromatic rings. The Morgan fingerprint density at radius 3 is 3.06 bits per heavy atom. The highest BCUT2D eigenvalue weighted by molar-refractivity contribution is 7.71. The Labute approximate surface area is 96.3 Å². The Morgan fingerprint density at radius 1 is 1.62 bits per heavy atom. The summed E-state index contributed by atoms with van der Waals surface area (Å²) in [4.78, 5) is 19.6. The summed E-state index contributed by atoms with van der Waals surface area (Å²) in [7, 11) is 0. The van der Waals surface area contributed by atoms with Crippen LogP contribution in [0.3, 0.4) is 0 Å².